The fraction of sp³-hybridized carbons (Fsp3) is 0. The first kappa shape index (κ1) is 11.5. The molecule has 3 N–H and O–H groups in total. The zero-order valence-corrected chi connectivity index (χ0v) is 10.2. The third-order valence-corrected chi connectivity index (χ3v) is 2.94. The third-order valence-electron chi connectivity index (χ3n) is 2.70. The summed E-state index contributed by atoms with van der Waals surface area (Å²) in [6, 6.07) is 7.16. The minimum absolute atomic E-state index is 0.0450. The van der Waals surface area contributed by atoms with E-state index >= 15 is 0 Å². The molecule has 0 aliphatic heterocycles. The van der Waals surface area contributed by atoms with Crippen molar-refractivity contribution in [2.45, 2.75) is 0 Å². The molecule has 19 heavy (non-hydrogen) atoms. The fourth-order valence-corrected chi connectivity index (χ4v) is 2.04. The van der Waals surface area contributed by atoms with Gasteiger partial charge in [-0.2, -0.15) is 0 Å². The highest BCUT2D eigenvalue weighted by Crippen LogP contribution is 2.22. The van der Waals surface area contributed by atoms with E-state index in [1.165, 1.54) is 0 Å². The molecule has 3 rings (SSSR count). The van der Waals surface area contributed by atoms with Crippen LogP contribution in [0.25, 0.3) is 10.9 Å². The van der Waals surface area contributed by atoms with Crippen LogP contribution in [0.3, 0.4) is 0 Å². The highest BCUT2D eigenvalue weighted by atomic mass is 35.5. The number of benzene rings is 1. The molecule has 0 atom stereocenters. The lowest BCUT2D eigenvalue weighted by atomic mass is 10.2. The first-order chi connectivity index (χ1) is 9.20. The molecule has 8 heteroatoms. The number of nitrogens with zero attached hydrogens (tertiary/aromatic N) is 4. The van der Waals surface area contributed by atoms with Gasteiger partial charge in [-0.3, -0.25) is 4.57 Å². The van der Waals surface area contributed by atoms with Crippen LogP contribution < -0.4 is 5.73 Å². The van der Waals surface area contributed by atoms with E-state index in [4.69, 9.17) is 17.3 Å². The van der Waals surface area contributed by atoms with Gasteiger partial charge in [-0.1, -0.05) is 16.8 Å². The lowest BCUT2D eigenvalue weighted by Gasteiger charge is -2.04. The quantitative estimate of drug-likeness (QED) is 0.306. The number of anilines is 1. The summed E-state index contributed by atoms with van der Waals surface area (Å²) in [5.74, 6) is 0.166. The summed E-state index contributed by atoms with van der Waals surface area (Å²) in [6.45, 7) is 0. The Balaban J connectivity index is 2.21. The molecule has 0 saturated heterocycles. The van der Waals surface area contributed by atoms with E-state index in [2.05, 4.69) is 20.1 Å². The van der Waals surface area contributed by atoms with Gasteiger partial charge in [-0.15, -0.1) is 0 Å². The van der Waals surface area contributed by atoms with Crippen molar-refractivity contribution < 1.29 is 9.84 Å². The van der Waals surface area contributed by atoms with Crippen molar-refractivity contribution in [1.29, 1.82) is 0 Å². The maximum absolute atomic E-state index is 9.18. The molecule has 2 aromatic heterocycles. The van der Waals surface area contributed by atoms with Crippen LogP contribution in [0, 0.1) is 0 Å². The van der Waals surface area contributed by atoms with Gasteiger partial charge in [0.2, 0.25) is 5.84 Å². The summed E-state index contributed by atoms with van der Waals surface area (Å²) in [7, 11) is 0. The molecule has 0 amide bonds. The van der Waals surface area contributed by atoms with Crippen LogP contribution in [0.5, 0.6) is 0 Å². The van der Waals surface area contributed by atoms with Gasteiger partial charge in [0.25, 0.3) is 0 Å². The Morgan fingerprint density at radius 3 is 2.89 bits per heavy atom. The van der Waals surface area contributed by atoms with Gasteiger partial charge in [-0.25, -0.2) is 4.63 Å². The van der Waals surface area contributed by atoms with E-state index in [1.54, 1.807) is 29.0 Å². The SMILES string of the molecule is Nc1nonc1/C(=N/O)n1ccc2cc(Cl)ccc21. The van der Waals surface area contributed by atoms with E-state index in [-0.39, 0.29) is 17.3 Å². The highest BCUT2D eigenvalue weighted by Gasteiger charge is 2.18. The first-order valence-electron chi connectivity index (χ1n) is 5.28. The van der Waals surface area contributed by atoms with Crippen LogP contribution in [0.2, 0.25) is 5.02 Å². The molecule has 0 spiro atoms. The van der Waals surface area contributed by atoms with Gasteiger partial charge in [-0.05, 0) is 34.6 Å². The number of nitrogens with two attached hydrogens (primary N) is 1. The van der Waals surface area contributed by atoms with E-state index in [0.29, 0.717) is 5.02 Å². The predicted octanol–water partition coefficient (Wildman–Crippen LogP) is 1.94. The molecular formula is C11H8ClN5O2. The van der Waals surface area contributed by atoms with E-state index in [0.717, 1.165) is 10.9 Å². The Hall–Kier alpha value is -2.54. The van der Waals surface area contributed by atoms with Crippen LogP contribution in [-0.2, 0) is 0 Å². The lowest BCUT2D eigenvalue weighted by Crippen LogP contribution is -2.14. The van der Waals surface area contributed by atoms with Crippen molar-refractivity contribution in [3.8, 4) is 0 Å². The number of rotatable bonds is 1. The topological polar surface area (TPSA) is 102 Å². The molecule has 2 heterocycles. The van der Waals surface area contributed by atoms with Crippen LogP contribution in [0.15, 0.2) is 40.2 Å². The molecule has 0 aliphatic carbocycles. The van der Waals surface area contributed by atoms with E-state index in [1.807, 2.05) is 6.07 Å². The van der Waals surface area contributed by atoms with Gasteiger partial charge >= 0.3 is 0 Å². The number of hydrogen-bond donors (Lipinski definition) is 2. The Kier molecular flexibility index (Phi) is 2.60. The molecular weight excluding hydrogens is 270 g/mol. The van der Waals surface area contributed by atoms with Crippen molar-refractivity contribution in [1.82, 2.24) is 14.9 Å². The fourth-order valence-electron chi connectivity index (χ4n) is 1.86. The number of hydrogen-bond acceptors (Lipinski definition) is 6. The second-order valence-electron chi connectivity index (χ2n) is 3.81. The van der Waals surface area contributed by atoms with Crippen LogP contribution in [0.4, 0.5) is 5.82 Å². The molecule has 0 saturated carbocycles. The van der Waals surface area contributed by atoms with Crippen LogP contribution in [-0.4, -0.2) is 25.9 Å². The minimum Gasteiger partial charge on any atom is -0.409 e. The van der Waals surface area contributed by atoms with Crippen LogP contribution in [0.1, 0.15) is 5.69 Å². The summed E-state index contributed by atoms with van der Waals surface area (Å²) in [5.41, 5.74) is 6.55. The average molecular weight is 278 g/mol. The molecule has 96 valence electrons. The molecule has 0 bridgehead atoms. The van der Waals surface area contributed by atoms with Gasteiger partial charge in [0.05, 0.1) is 5.52 Å². The van der Waals surface area contributed by atoms with Crippen molar-refractivity contribution in [3.63, 3.8) is 0 Å². The maximum Gasteiger partial charge on any atom is 0.210 e. The minimum atomic E-state index is 0.0450. The summed E-state index contributed by atoms with van der Waals surface area (Å²) in [4.78, 5) is 0. The average Bonchev–Trinajstić information content (AvgIpc) is 2.98. The Labute approximate surface area is 111 Å². The van der Waals surface area contributed by atoms with E-state index < -0.39 is 0 Å². The van der Waals surface area contributed by atoms with Gasteiger partial charge in [0.15, 0.2) is 11.5 Å². The predicted molar refractivity (Wildman–Crippen MR) is 69.4 cm³/mol. The monoisotopic (exact) mass is 277 g/mol. The maximum atomic E-state index is 9.18. The van der Waals surface area contributed by atoms with Crippen molar-refractivity contribution in [2.75, 3.05) is 5.73 Å². The summed E-state index contributed by atoms with van der Waals surface area (Å²) in [6.07, 6.45) is 1.71. The van der Waals surface area contributed by atoms with Gasteiger partial charge < -0.3 is 10.9 Å². The lowest BCUT2D eigenvalue weighted by molar-refractivity contribution is 0.304. The van der Waals surface area contributed by atoms with Crippen molar-refractivity contribution in [3.05, 3.63) is 41.2 Å². The smallest absolute Gasteiger partial charge is 0.210 e. The summed E-state index contributed by atoms with van der Waals surface area (Å²) < 4.78 is 6.12. The number of fused-ring (bicyclic) bond motifs is 1. The molecule has 0 radical (unpaired) electrons. The molecule has 7 nitrogen and oxygen atoms in total. The zero-order chi connectivity index (χ0) is 13.4. The second-order valence-corrected chi connectivity index (χ2v) is 4.25. The molecule has 1 aromatic carbocycles. The van der Waals surface area contributed by atoms with Gasteiger partial charge in [0.1, 0.15) is 0 Å². The van der Waals surface area contributed by atoms with Crippen LogP contribution >= 0.6 is 11.6 Å². The third kappa shape index (κ3) is 1.80. The standard InChI is InChI=1S/C11H8ClN5O2/c12-7-1-2-8-6(5-7)3-4-17(8)11(14-18)9-10(13)16-19-15-9/h1-5,18H,(H2,13,16)/b14-11-. The number of aromatic nitrogens is 3. The van der Waals surface area contributed by atoms with Crippen molar-refractivity contribution >= 4 is 34.2 Å². The summed E-state index contributed by atoms with van der Waals surface area (Å²) >= 11 is 5.92. The normalized spacial score (nSPS) is 12.2. The Morgan fingerprint density at radius 1 is 1.37 bits per heavy atom. The van der Waals surface area contributed by atoms with Crippen molar-refractivity contribution in [2.24, 2.45) is 5.16 Å². The summed E-state index contributed by atoms with van der Waals surface area (Å²) in [5, 5.41) is 21.0. The largest absolute Gasteiger partial charge is 0.409 e. The number of halogens is 1. The Bertz CT molecular complexity index is 776. The Morgan fingerprint density at radius 2 is 2.21 bits per heavy atom. The molecule has 0 unspecified atom stereocenters. The molecule has 0 fully saturated rings. The molecule has 0 aliphatic rings. The highest BCUT2D eigenvalue weighted by molar-refractivity contribution is 6.31. The van der Waals surface area contributed by atoms with E-state index in [9.17, 15) is 5.21 Å². The number of nitrogen functional groups attached to an aromatic ring is 1. The number of oxime groups is 1. The second kappa shape index (κ2) is 4.29. The zero-order valence-electron chi connectivity index (χ0n) is 9.49. The van der Waals surface area contributed by atoms with Gasteiger partial charge in [0, 0.05) is 16.6 Å². The first-order valence-corrected chi connectivity index (χ1v) is 5.66. The molecule has 3 aromatic rings.